The quantitative estimate of drug-likeness (QED) is 0.658. The molecule has 0 unspecified atom stereocenters. The van der Waals surface area contributed by atoms with Crippen LogP contribution in [-0.4, -0.2) is 62.8 Å². The molecule has 0 saturated carbocycles. The first-order valence-corrected chi connectivity index (χ1v) is 8.14. The van der Waals surface area contributed by atoms with Crippen LogP contribution in [0.25, 0.3) is 0 Å². The summed E-state index contributed by atoms with van der Waals surface area (Å²) in [5.41, 5.74) is 2.00. The summed E-state index contributed by atoms with van der Waals surface area (Å²) in [4.78, 5) is 1.87. The van der Waals surface area contributed by atoms with Gasteiger partial charge >= 0.3 is 0 Å². The average molecular weight is 329 g/mol. The molecule has 0 aromatic heterocycles. The van der Waals surface area contributed by atoms with Crippen molar-refractivity contribution in [3.8, 4) is 0 Å². The minimum Gasteiger partial charge on any atom is -0.395 e. The zero-order chi connectivity index (χ0) is 17.1. The number of hydrogen-bond donors (Lipinski definition) is 4. The van der Waals surface area contributed by atoms with E-state index in [9.17, 15) is 20.4 Å². The van der Waals surface area contributed by atoms with Gasteiger partial charge in [0.25, 0.3) is 0 Å². The van der Waals surface area contributed by atoms with E-state index >= 15 is 0 Å². The van der Waals surface area contributed by atoms with Gasteiger partial charge in [-0.05, 0) is 11.1 Å². The lowest BCUT2D eigenvalue weighted by atomic mass is 9.88. The van der Waals surface area contributed by atoms with Crippen molar-refractivity contribution in [3.05, 3.63) is 71.8 Å². The van der Waals surface area contributed by atoms with Crippen LogP contribution in [0.1, 0.15) is 17.2 Å². The SMILES string of the molecule is OC[C@@H]1[C@H](O)[C@H](O)[C@@H](O)CN1C(c1ccccc1)c1ccccc1. The Labute approximate surface area is 141 Å². The molecular weight excluding hydrogens is 306 g/mol. The van der Waals surface area contributed by atoms with Crippen molar-refractivity contribution < 1.29 is 20.4 Å². The molecule has 1 saturated heterocycles. The van der Waals surface area contributed by atoms with Crippen molar-refractivity contribution in [2.45, 2.75) is 30.4 Å². The maximum Gasteiger partial charge on any atom is 0.109 e. The van der Waals surface area contributed by atoms with Crippen LogP contribution in [0, 0.1) is 0 Å². The average Bonchev–Trinajstić information content (AvgIpc) is 2.62. The minimum atomic E-state index is -1.26. The lowest BCUT2D eigenvalue weighted by Gasteiger charge is -2.47. The molecule has 1 heterocycles. The second-order valence-electron chi connectivity index (χ2n) is 6.22. The van der Waals surface area contributed by atoms with Crippen molar-refractivity contribution in [2.24, 2.45) is 0 Å². The predicted molar refractivity (Wildman–Crippen MR) is 90.3 cm³/mol. The molecule has 1 aliphatic rings. The number of likely N-dealkylation sites (tertiary alicyclic amines) is 1. The van der Waals surface area contributed by atoms with Gasteiger partial charge in [-0.1, -0.05) is 60.7 Å². The topological polar surface area (TPSA) is 84.2 Å². The summed E-state index contributed by atoms with van der Waals surface area (Å²) < 4.78 is 0. The van der Waals surface area contributed by atoms with Gasteiger partial charge in [0, 0.05) is 6.54 Å². The summed E-state index contributed by atoms with van der Waals surface area (Å²) in [7, 11) is 0. The smallest absolute Gasteiger partial charge is 0.109 e. The van der Waals surface area contributed by atoms with Gasteiger partial charge in [0.2, 0.25) is 0 Å². The molecule has 1 aliphatic heterocycles. The molecule has 128 valence electrons. The Morgan fingerprint density at radius 2 is 1.33 bits per heavy atom. The fourth-order valence-electron chi connectivity index (χ4n) is 3.47. The van der Waals surface area contributed by atoms with E-state index in [1.54, 1.807) is 0 Å². The number of hydrogen-bond acceptors (Lipinski definition) is 5. The fourth-order valence-corrected chi connectivity index (χ4v) is 3.47. The first-order valence-electron chi connectivity index (χ1n) is 8.14. The standard InChI is InChI=1S/C19H23NO4/c21-12-15-18(23)19(24)16(22)11-20(15)17(13-7-3-1-4-8-13)14-9-5-2-6-10-14/h1-10,15-19,21-24H,11-12H2/t15-,16+,18+,19-/m1/s1. The Morgan fingerprint density at radius 1 is 0.833 bits per heavy atom. The summed E-state index contributed by atoms with van der Waals surface area (Å²) in [6.45, 7) is -0.140. The maximum absolute atomic E-state index is 10.3. The Morgan fingerprint density at radius 3 is 1.79 bits per heavy atom. The summed E-state index contributed by atoms with van der Waals surface area (Å²) >= 11 is 0. The Bertz CT molecular complexity index is 597. The van der Waals surface area contributed by atoms with Crippen LogP contribution in [-0.2, 0) is 0 Å². The number of benzene rings is 2. The van der Waals surface area contributed by atoms with E-state index in [0.717, 1.165) is 11.1 Å². The number of rotatable bonds is 4. The van der Waals surface area contributed by atoms with Crippen LogP contribution < -0.4 is 0 Å². The summed E-state index contributed by atoms with van der Waals surface area (Å²) in [5, 5.41) is 40.2. The van der Waals surface area contributed by atoms with Crippen molar-refractivity contribution in [2.75, 3.05) is 13.2 Å². The summed E-state index contributed by atoms with van der Waals surface area (Å²) in [6.07, 6.45) is -3.54. The number of β-amino-alcohol motifs (C(OH)–C–C–N with tert-alkyl or cyclic N) is 1. The van der Waals surface area contributed by atoms with Crippen LogP contribution >= 0.6 is 0 Å². The highest BCUT2D eigenvalue weighted by molar-refractivity contribution is 5.32. The normalized spacial score (nSPS) is 28.2. The van der Waals surface area contributed by atoms with Crippen LogP contribution in [0.5, 0.6) is 0 Å². The molecule has 0 bridgehead atoms. The molecule has 1 fully saturated rings. The monoisotopic (exact) mass is 329 g/mol. The van der Waals surface area contributed by atoms with E-state index < -0.39 is 24.4 Å². The van der Waals surface area contributed by atoms with E-state index in [1.807, 2.05) is 65.6 Å². The number of piperidine rings is 1. The van der Waals surface area contributed by atoms with Gasteiger partial charge in [-0.15, -0.1) is 0 Å². The van der Waals surface area contributed by atoms with E-state index in [0.29, 0.717) is 0 Å². The number of nitrogens with zero attached hydrogens (tertiary/aromatic N) is 1. The first kappa shape index (κ1) is 17.1. The molecule has 24 heavy (non-hydrogen) atoms. The molecule has 0 spiro atoms. The second-order valence-corrected chi connectivity index (χ2v) is 6.22. The molecule has 5 nitrogen and oxygen atoms in total. The van der Waals surface area contributed by atoms with Crippen LogP contribution in [0.15, 0.2) is 60.7 Å². The Kier molecular flexibility index (Phi) is 5.28. The third-order valence-corrected chi connectivity index (χ3v) is 4.71. The molecule has 4 N–H and O–H groups in total. The molecule has 4 atom stereocenters. The molecule has 0 amide bonds. The number of aliphatic hydroxyl groups excluding tert-OH is 4. The van der Waals surface area contributed by atoms with Gasteiger partial charge < -0.3 is 20.4 Å². The molecular formula is C19H23NO4. The van der Waals surface area contributed by atoms with Gasteiger partial charge in [-0.2, -0.15) is 0 Å². The molecule has 2 aromatic rings. The van der Waals surface area contributed by atoms with Crippen molar-refractivity contribution in [1.82, 2.24) is 4.90 Å². The zero-order valence-corrected chi connectivity index (χ0v) is 13.3. The van der Waals surface area contributed by atoms with Crippen molar-refractivity contribution in [1.29, 1.82) is 0 Å². The number of aliphatic hydroxyl groups is 4. The second kappa shape index (κ2) is 7.42. The molecule has 0 radical (unpaired) electrons. The lowest BCUT2D eigenvalue weighted by Crippen LogP contribution is -2.63. The largest absolute Gasteiger partial charge is 0.395 e. The van der Waals surface area contributed by atoms with E-state index in [4.69, 9.17) is 0 Å². The van der Waals surface area contributed by atoms with Crippen LogP contribution in [0.3, 0.4) is 0 Å². The van der Waals surface area contributed by atoms with E-state index in [2.05, 4.69) is 0 Å². The Hall–Kier alpha value is -1.76. The molecule has 5 heteroatoms. The third-order valence-electron chi connectivity index (χ3n) is 4.71. The summed E-state index contributed by atoms with van der Waals surface area (Å²) in [6, 6.07) is 18.6. The first-order chi connectivity index (χ1) is 11.6. The fraction of sp³-hybridized carbons (Fsp3) is 0.368. The molecule has 3 rings (SSSR count). The van der Waals surface area contributed by atoms with E-state index in [-0.39, 0.29) is 19.2 Å². The van der Waals surface area contributed by atoms with Crippen LogP contribution in [0.4, 0.5) is 0 Å². The lowest BCUT2D eigenvalue weighted by molar-refractivity contribution is -0.151. The van der Waals surface area contributed by atoms with Gasteiger partial charge in [0.05, 0.1) is 24.8 Å². The third kappa shape index (κ3) is 3.22. The van der Waals surface area contributed by atoms with Crippen molar-refractivity contribution >= 4 is 0 Å². The highest BCUT2D eigenvalue weighted by Gasteiger charge is 2.44. The minimum absolute atomic E-state index is 0.165. The van der Waals surface area contributed by atoms with Crippen LogP contribution in [0.2, 0.25) is 0 Å². The highest BCUT2D eigenvalue weighted by Crippen LogP contribution is 2.34. The summed E-state index contributed by atoms with van der Waals surface area (Å²) in [5.74, 6) is 0. The van der Waals surface area contributed by atoms with Crippen molar-refractivity contribution in [3.63, 3.8) is 0 Å². The Balaban J connectivity index is 2.04. The van der Waals surface area contributed by atoms with E-state index in [1.165, 1.54) is 0 Å². The van der Waals surface area contributed by atoms with Gasteiger partial charge in [-0.3, -0.25) is 4.90 Å². The predicted octanol–water partition coefficient (Wildman–Crippen LogP) is 0.535. The molecule has 2 aromatic carbocycles. The van der Waals surface area contributed by atoms with Gasteiger partial charge in [0.1, 0.15) is 12.2 Å². The zero-order valence-electron chi connectivity index (χ0n) is 13.3. The highest BCUT2D eigenvalue weighted by atomic mass is 16.4. The maximum atomic E-state index is 10.3. The molecule has 0 aliphatic carbocycles. The van der Waals surface area contributed by atoms with Gasteiger partial charge in [-0.25, -0.2) is 0 Å². The van der Waals surface area contributed by atoms with Gasteiger partial charge in [0.15, 0.2) is 0 Å².